The predicted molar refractivity (Wildman–Crippen MR) is 55.0 cm³/mol. The lowest BCUT2D eigenvalue weighted by Crippen LogP contribution is -1.80. The monoisotopic (exact) mass is 160 g/mol. The Bertz CT molecular complexity index is 262. The van der Waals surface area contributed by atoms with Crippen LogP contribution in [0.25, 0.3) is 0 Å². The smallest absolute Gasteiger partial charge is 0.0157 e. The summed E-state index contributed by atoms with van der Waals surface area (Å²) in [6.45, 7) is 8.18. The highest BCUT2D eigenvalue weighted by atomic mass is 14.0. The van der Waals surface area contributed by atoms with Gasteiger partial charge in [-0.3, -0.25) is 0 Å². The molecule has 0 unspecified atom stereocenters. The third kappa shape index (κ3) is 2.23. The van der Waals surface area contributed by atoms with Gasteiger partial charge in [0, 0.05) is 0 Å². The molecule has 0 aromatic carbocycles. The lowest BCUT2D eigenvalue weighted by molar-refractivity contribution is 1.14. The first-order valence-corrected chi connectivity index (χ1v) is 4.47. The summed E-state index contributed by atoms with van der Waals surface area (Å²) >= 11 is 0. The molecule has 0 N–H and O–H groups in total. The Morgan fingerprint density at radius 3 is 2.92 bits per heavy atom. The molecule has 1 rings (SSSR count). The molecule has 0 heterocycles. The van der Waals surface area contributed by atoms with E-state index >= 15 is 0 Å². The zero-order chi connectivity index (χ0) is 8.97. The molecule has 0 heteroatoms. The van der Waals surface area contributed by atoms with Gasteiger partial charge in [0.2, 0.25) is 0 Å². The van der Waals surface area contributed by atoms with Gasteiger partial charge in [-0.05, 0) is 30.9 Å². The molecule has 0 spiro atoms. The zero-order valence-electron chi connectivity index (χ0n) is 7.93. The molecule has 0 saturated heterocycles. The summed E-state index contributed by atoms with van der Waals surface area (Å²) in [6, 6.07) is 0. The van der Waals surface area contributed by atoms with Crippen molar-refractivity contribution in [3.63, 3.8) is 0 Å². The van der Waals surface area contributed by atoms with Gasteiger partial charge < -0.3 is 0 Å². The average molecular weight is 160 g/mol. The van der Waals surface area contributed by atoms with Crippen LogP contribution in [0.3, 0.4) is 0 Å². The maximum absolute atomic E-state index is 3.95. The Morgan fingerprint density at radius 1 is 1.58 bits per heavy atom. The van der Waals surface area contributed by atoms with Gasteiger partial charge in [-0.2, -0.15) is 0 Å². The van der Waals surface area contributed by atoms with Crippen molar-refractivity contribution in [2.24, 2.45) is 0 Å². The summed E-state index contributed by atoms with van der Waals surface area (Å²) in [5.41, 5.74) is 3.84. The molecule has 0 bridgehead atoms. The standard InChI is InChI=1S/C12H16/c1-4-11-7-5-6-8-12(9-11)10(2)3/h5,7-9H,2,4,6H2,1,3H3. The van der Waals surface area contributed by atoms with Crippen LogP contribution in [0.4, 0.5) is 0 Å². The molecular weight excluding hydrogens is 144 g/mol. The highest BCUT2D eigenvalue weighted by Gasteiger charge is 1.98. The first-order chi connectivity index (χ1) is 5.74. The lowest BCUT2D eigenvalue weighted by Gasteiger charge is -2.00. The van der Waals surface area contributed by atoms with E-state index in [2.05, 4.69) is 44.7 Å². The van der Waals surface area contributed by atoms with Gasteiger partial charge in [0.25, 0.3) is 0 Å². The summed E-state index contributed by atoms with van der Waals surface area (Å²) in [4.78, 5) is 0. The first-order valence-electron chi connectivity index (χ1n) is 4.47. The zero-order valence-corrected chi connectivity index (χ0v) is 7.93. The van der Waals surface area contributed by atoms with Crippen LogP contribution in [0.1, 0.15) is 26.7 Å². The number of hydrogen-bond acceptors (Lipinski definition) is 0. The molecule has 0 aromatic rings. The maximum Gasteiger partial charge on any atom is -0.0157 e. The van der Waals surface area contributed by atoms with Crippen molar-refractivity contribution in [2.45, 2.75) is 26.7 Å². The highest BCUT2D eigenvalue weighted by Crippen LogP contribution is 2.18. The second-order valence-corrected chi connectivity index (χ2v) is 3.15. The van der Waals surface area contributed by atoms with Gasteiger partial charge >= 0.3 is 0 Å². The van der Waals surface area contributed by atoms with Crippen molar-refractivity contribution >= 4 is 0 Å². The van der Waals surface area contributed by atoms with E-state index in [1.807, 2.05) is 0 Å². The van der Waals surface area contributed by atoms with Crippen LogP contribution in [0.15, 0.2) is 47.6 Å². The molecule has 0 fully saturated rings. The van der Waals surface area contributed by atoms with Crippen molar-refractivity contribution in [3.05, 3.63) is 47.6 Å². The van der Waals surface area contributed by atoms with E-state index in [-0.39, 0.29) is 0 Å². The summed E-state index contributed by atoms with van der Waals surface area (Å²) in [5.74, 6) is 0. The molecule has 1 aliphatic rings. The van der Waals surface area contributed by atoms with Crippen LogP contribution in [0.5, 0.6) is 0 Å². The van der Waals surface area contributed by atoms with Crippen LogP contribution in [-0.2, 0) is 0 Å². The molecule has 0 saturated carbocycles. The van der Waals surface area contributed by atoms with E-state index < -0.39 is 0 Å². The van der Waals surface area contributed by atoms with Gasteiger partial charge in [-0.25, -0.2) is 0 Å². The second-order valence-electron chi connectivity index (χ2n) is 3.15. The Balaban J connectivity index is 2.90. The molecule has 12 heavy (non-hydrogen) atoms. The van der Waals surface area contributed by atoms with Crippen LogP contribution in [0.2, 0.25) is 0 Å². The Kier molecular flexibility index (Phi) is 3.09. The lowest BCUT2D eigenvalue weighted by atomic mass is 10.1. The van der Waals surface area contributed by atoms with Crippen LogP contribution < -0.4 is 0 Å². The Hall–Kier alpha value is -1.04. The maximum atomic E-state index is 3.95. The second kappa shape index (κ2) is 4.10. The van der Waals surface area contributed by atoms with E-state index in [0.29, 0.717) is 0 Å². The predicted octanol–water partition coefficient (Wildman–Crippen LogP) is 3.79. The van der Waals surface area contributed by atoms with Crippen LogP contribution in [0, 0.1) is 0 Å². The molecule has 0 radical (unpaired) electrons. The van der Waals surface area contributed by atoms with E-state index in [9.17, 15) is 0 Å². The minimum Gasteiger partial charge on any atom is -0.0955 e. The fourth-order valence-electron chi connectivity index (χ4n) is 1.24. The largest absolute Gasteiger partial charge is 0.0955 e. The van der Waals surface area contributed by atoms with Crippen molar-refractivity contribution in [2.75, 3.05) is 0 Å². The SMILES string of the molecule is C=C(C)C1=CCC=CC(CC)=C1. The van der Waals surface area contributed by atoms with Crippen molar-refractivity contribution in [1.29, 1.82) is 0 Å². The van der Waals surface area contributed by atoms with Crippen LogP contribution >= 0.6 is 0 Å². The van der Waals surface area contributed by atoms with Gasteiger partial charge in [0.15, 0.2) is 0 Å². The van der Waals surface area contributed by atoms with Crippen LogP contribution in [-0.4, -0.2) is 0 Å². The van der Waals surface area contributed by atoms with Crippen molar-refractivity contribution in [3.8, 4) is 0 Å². The molecule has 0 amide bonds. The molecule has 0 nitrogen and oxygen atoms in total. The fraction of sp³-hybridized carbons (Fsp3) is 0.333. The normalized spacial score (nSPS) is 16.5. The summed E-state index contributed by atoms with van der Waals surface area (Å²) in [5, 5.41) is 0. The van der Waals surface area contributed by atoms with E-state index in [0.717, 1.165) is 18.4 Å². The molecule has 0 aromatic heterocycles. The summed E-state index contributed by atoms with van der Waals surface area (Å²) in [7, 11) is 0. The van der Waals surface area contributed by atoms with E-state index in [1.54, 1.807) is 0 Å². The summed E-state index contributed by atoms with van der Waals surface area (Å²) < 4.78 is 0. The first kappa shape index (κ1) is 9.05. The number of hydrogen-bond donors (Lipinski definition) is 0. The molecule has 0 aliphatic heterocycles. The average Bonchev–Trinajstić information content (AvgIpc) is 2.28. The number of allylic oxidation sites excluding steroid dienone is 7. The van der Waals surface area contributed by atoms with E-state index in [4.69, 9.17) is 0 Å². The third-order valence-electron chi connectivity index (χ3n) is 2.05. The Labute approximate surface area is 75.0 Å². The summed E-state index contributed by atoms with van der Waals surface area (Å²) in [6.07, 6.45) is 11.0. The fourth-order valence-corrected chi connectivity index (χ4v) is 1.24. The molecular formula is C12H16. The van der Waals surface area contributed by atoms with E-state index in [1.165, 1.54) is 11.1 Å². The topological polar surface area (TPSA) is 0 Å². The van der Waals surface area contributed by atoms with Gasteiger partial charge in [-0.15, -0.1) is 0 Å². The van der Waals surface area contributed by atoms with Crippen molar-refractivity contribution in [1.82, 2.24) is 0 Å². The van der Waals surface area contributed by atoms with Crippen molar-refractivity contribution < 1.29 is 0 Å². The molecule has 1 aliphatic carbocycles. The Morgan fingerprint density at radius 2 is 2.33 bits per heavy atom. The molecule has 64 valence electrons. The minimum absolute atomic E-state index is 1.03. The number of rotatable bonds is 2. The molecule has 0 atom stereocenters. The van der Waals surface area contributed by atoms with Gasteiger partial charge in [0.1, 0.15) is 0 Å². The quantitative estimate of drug-likeness (QED) is 0.576. The minimum atomic E-state index is 1.03. The van der Waals surface area contributed by atoms with Gasteiger partial charge in [-0.1, -0.05) is 43.4 Å². The highest BCUT2D eigenvalue weighted by molar-refractivity contribution is 5.43. The van der Waals surface area contributed by atoms with Gasteiger partial charge in [0.05, 0.1) is 0 Å². The third-order valence-corrected chi connectivity index (χ3v) is 2.05.